The molecule has 2 aromatic heterocycles. The third-order valence-corrected chi connectivity index (χ3v) is 11.6. The van der Waals surface area contributed by atoms with E-state index in [0.717, 1.165) is 78.1 Å². The average molecular weight is 997 g/mol. The summed E-state index contributed by atoms with van der Waals surface area (Å²) in [4.78, 5) is 9.23. The van der Waals surface area contributed by atoms with E-state index >= 15 is 0 Å². The zero-order chi connectivity index (χ0) is 41.8. The van der Waals surface area contributed by atoms with Crippen LogP contribution < -0.4 is 9.64 Å². The van der Waals surface area contributed by atoms with Crippen molar-refractivity contribution in [3.63, 3.8) is 0 Å². The number of ether oxygens (including phenoxy) is 2. The molecule has 0 aliphatic carbocycles. The number of benzene rings is 7. The molecular weight excluding hydrogens is 956 g/mol. The fraction of sp³-hybridized carbons (Fsp3) is 0.0714. The van der Waals surface area contributed by atoms with Gasteiger partial charge < -0.3 is 23.8 Å². The Labute approximate surface area is 382 Å². The van der Waals surface area contributed by atoms with Gasteiger partial charge in [-0.2, -0.15) is 12.7 Å². The second-order valence-electron chi connectivity index (χ2n) is 16.6. The minimum atomic E-state index is -0.0301. The normalized spacial score (nSPS) is 13.5. The van der Waals surface area contributed by atoms with Gasteiger partial charge in [0.25, 0.3) is 0 Å². The minimum Gasteiger partial charge on any atom is -0.503 e. The first kappa shape index (κ1) is 40.0. The van der Waals surface area contributed by atoms with Crippen LogP contribution in [0, 0.1) is 18.8 Å². The van der Waals surface area contributed by atoms with Crippen LogP contribution in [0.25, 0.3) is 61.3 Å². The number of hydrogen-bond acceptors (Lipinski definition) is 5. The van der Waals surface area contributed by atoms with E-state index in [1.165, 1.54) is 5.56 Å². The van der Waals surface area contributed by atoms with Gasteiger partial charge in [0.05, 0.1) is 12.0 Å². The van der Waals surface area contributed by atoms with Gasteiger partial charge in [0.1, 0.15) is 5.82 Å². The predicted octanol–water partition coefficient (Wildman–Crippen LogP) is 13.8. The smallest absolute Gasteiger partial charge is 0.184 e. The van der Waals surface area contributed by atoms with E-state index in [1.807, 2.05) is 36.5 Å². The fourth-order valence-electron chi connectivity index (χ4n) is 8.58. The van der Waals surface area contributed by atoms with Crippen LogP contribution in [0.1, 0.15) is 37.5 Å². The van der Waals surface area contributed by atoms with E-state index in [9.17, 15) is 0 Å². The summed E-state index contributed by atoms with van der Waals surface area (Å²) < 4.78 is 15.4. The Balaban J connectivity index is 0.00000471. The quantitative estimate of drug-likeness (QED) is 0.142. The van der Waals surface area contributed by atoms with Crippen LogP contribution in [-0.2, 0) is 31.2 Å². The minimum absolute atomic E-state index is 0. The molecule has 310 valence electrons. The maximum absolute atomic E-state index is 6.61. The van der Waals surface area contributed by atoms with E-state index in [-0.39, 0.29) is 26.5 Å². The molecule has 0 spiro atoms. The average Bonchev–Trinajstić information content (AvgIpc) is 4.00. The van der Waals surface area contributed by atoms with Crippen molar-refractivity contribution in [1.82, 2.24) is 14.5 Å². The van der Waals surface area contributed by atoms with Crippen molar-refractivity contribution in [2.75, 3.05) is 4.90 Å². The first-order chi connectivity index (χ1) is 30.4. The molecule has 0 amide bonds. The second-order valence-corrected chi connectivity index (χ2v) is 16.6. The molecule has 0 N–H and O–H groups in total. The number of fused-ring (bicyclic) bond motifs is 4. The van der Waals surface area contributed by atoms with E-state index in [1.54, 1.807) is 6.26 Å². The first-order valence-electron chi connectivity index (χ1n) is 20.9. The van der Waals surface area contributed by atoms with Gasteiger partial charge in [-0.3, -0.25) is 0 Å². The number of aromatic nitrogens is 2. The van der Waals surface area contributed by atoms with Gasteiger partial charge in [-0.05, 0) is 51.4 Å². The summed E-state index contributed by atoms with van der Waals surface area (Å²) in [5.41, 5.74) is 12.3. The molecule has 0 radical (unpaired) electrons. The van der Waals surface area contributed by atoms with Crippen molar-refractivity contribution in [3.05, 3.63) is 230 Å². The summed E-state index contributed by atoms with van der Waals surface area (Å²) in [6.07, 6.45) is 3.70. The number of rotatable bonds is 8. The van der Waals surface area contributed by atoms with Crippen molar-refractivity contribution in [1.29, 1.82) is 0 Å². The van der Waals surface area contributed by atoms with Crippen molar-refractivity contribution in [3.8, 4) is 39.6 Å². The van der Waals surface area contributed by atoms with Gasteiger partial charge in [0.15, 0.2) is 5.88 Å². The molecule has 2 aliphatic rings. The molecule has 6 nitrogen and oxygen atoms in total. The molecule has 63 heavy (non-hydrogen) atoms. The Kier molecular flexibility index (Phi) is 10.3. The van der Waals surface area contributed by atoms with Crippen molar-refractivity contribution >= 4 is 38.9 Å². The number of para-hydroxylation sites is 2. The zero-order valence-corrected chi connectivity index (χ0v) is 37.2. The second kappa shape index (κ2) is 16.3. The summed E-state index contributed by atoms with van der Waals surface area (Å²) >= 11 is 0. The summed E-state index contributed by atoms with van der Waals surface area (Å²) in [5, 5.41) is 2.21. The van der Waals surface area contributed by atoms with Crippen LogP contribution in [0.3, 0.4) is 0 Å². The number of anilines is 1. The molecule has 0 unspecified atom stereocenters. The maximum atomic E-state index is 6.61. The molecule has 9 aromatic rings. The Hall–Kier alpha value is -7.14. The van der Waals surface area contributed by atoms with Crippen LogP contribution in [0.15, 0.2) is 194 Å². The van der Waals surface area contributed by atoms with Crippen molar-refractivity contribution in [2.45, 2.75) is 26.2 Å². The van der Waals surface area contributed by atoms with Gasteiger partial charge >= 0.3 is 0 Å². The molecule has 0 saturated heterocycles. The summed E-state index contributed by atoms with van der Waals surface area (Å²) in [5.74, 6) is 2.70. The van der Waals surface area contributed by atoms with E-state index in [0.29, 0.717) is 17.4 Å². The van der Waals surface area contributed by atoms with Crippen molar-refractivity contribution < 1.29 is 30.5 Å². The van der Waals surface area contributed by atoms with E-state index < -0.39 is 0 Å². The van der Waals surface area contributed by atoms with Gasteiger partial charge in [0.2, 0.25) is 0 Å². The van der Waals surface area contributed by atoms with Crippen LogP contribution in [0.4, 0.5) is 5.69 Å². The number of pyridine rings is 1. The van der Waals surface area contributed by atoms with Gasteiger partial charge in [0, 0.05) is 66.7 Å². The van der Waals surface area contributed by atoms with Crippen LogP contribution in [-0.4, -0.2) is 14.5 Å². The number of nitrogens with zero attached hydrogens (tertiary/aromatic N) is 4. The van der Waals surface area contributed by atoms with E-state index in [4.69, 9.17) is 14.5 Å². The summed E-state index contributed by atoms with van der Waals surface area (Å²) in [6, 6.07) is 68.0. The zero-order valence-electron chi connectivity index (χ0n) is 34.9. The molecule has 0 fully saturated rings. The Morgan fingerprint density at radius 3 is 1.94 bits per heavy atom. The predicted molar refractivity (Wildman–Crippen MR) is 250 cm³/mol. The van der Waals surface area contributed by atoms with Gasteiger partial charge in [-0.1, -0.05) is 160 Å². The summed E-state index contributed by atoms with van der Waals surface area (Å²) in [7, 11) is 0. The Morgan fingerprint density at radius 1 is 0.603 bits per heavy atom. The van der Waals surface area contributed by atoms with Crippen LogP contribution >= 0.6 is 0 Å². The fourth-order valence-corrected chi connectivity index (χ4v) is 8.58. The third kappa shape index (κ3) is 7.20. The van der Waals surface area contributed by atoms with Crippen molar-refractivity contribution in [2.24, 2.45) is 0 Å². The molecule has 0 bridgehead atoms. The monoisotopic (exact) mass is 996 g/mol. The molecule has 0 saturated carbocycles. The molecule has 0 atom stereocenters. The Morgan fingerprint density at radius 2 is 1.24 bits per heavy atom. The molecule has 2 aliphatic heterocycles. The standard InChI is InChI=1S/C56H41N4O2.Pt/c1-56(2,3)42-31-32-57-52(34-42)60-49-28-14-13-25-47(49)48-30-29-44(35-50(48)60)62-43-24-15-23-41(33-43)51-36-61-55-53(40-21-11-6-12-22-40)59(37-58(51)55)54-45(38-17-7-4-8-18-38)26-16-27-46(54)39-19-9-5-10-20-39;/h4-32,34,36-37H,1-3H3;/q-3;. The third-order valence-electron chi connectivity index (χ3n) is 11.6. The molecule has 11 rings (SSSR count). The van der Waals surface area contributed by atoms with Crippen LogP contribution in [0.5, 0.6) is 11.5 Å². The molecule has 7 heteroatoms. The van der Waals surface area contributed by atoms with E-state index in [2.05, 4.69) is 200 Å². The SMILES string of the molecule is CC(C)(C)c1ccnc(-n2c3[c-]c(Oc4[c-]c(C5=COC6=C(c7ccccc7)N(c7c(-c8ccccc8)cccc7-c7ccccc7)[CH-]N56)ccc4)ccc3c3ccccc32)c1.[Pt]. The molecular formula is C56H41N4O2Pt-3. The number of hydrogen-bond donors (Lipinski definition) is 0. The molecule has 4 heterocycles. The topological polar surface area (TPSA) is 42.8 Å². The molecule has 7 aromatic carbocycles. The van der Waals surface area contributed by atoms with Crippen LogP contribution in [0.2, 0.25) is 0 Å². The van der Waals surface area contributed by atoms with Gasteiger partial charge in [-0.15, -0.1) is 41.3 Å². The summed E-state index contributed by atoms with van der Waals surface area (Å²) in [6.45, 7) is 8.80. The van der Waals surface area contributed by atoms with Gasteiger partial charge in [-0.25, -0.2) is 4.98 Å². The largest absolute Gasteiger partial charge is 0.503 e. The Bertz CT molecular complexity index is 3150. The first-order valence-corrected chi connectivity index (χ1v) is 20.9. The maximum Gasteiger partial charge on any atom is 0.184 e.